The van der Waals surface area contributed by atoms with Gasteiger partial charge in [-0.05, 0) is 66.0 Å². The van der Waals surface area contributed by atoms with Gasteiger partial charge in [0.2, 0.25) is 0 Å². The summed E-state index contributed by atoms with van der Waals surface area (Å²) in [6, 6.07) is 12.9. The smallest absolute Gasteiger partial charge is 0.270 e. The highest BCUT2D eigenvalue weighted by molar-refractivity contribution is 7.09. The number of carbonyl (C=O) groups excluding carboxylic acids is 3. The van der Waals surface area contributed by atoms with Gasteiger partial charge in [-0.1, -0.05) is 24.3 Å². The summed E-state index contributed by atoms with van der Waals surface area (Å²) in [6.45, 7) is 1.59. The van der Waals surface area contributed by atoms with Crippen molar-refractivity contribution in [2.24, 2.45) is 5.73 Å². The first-order chi connectivity index (χ1) is 18.1. The Morgan fingerprint density at radius 1 is 1.00 bits per heavy atom. The van der Waals surface area contributed by atoms with Crippen molar-refractivity contribution in [2.45, 2.75) is 26.1 Å². The number of halogens is 2. The lowest BCUT2D eigenvalue weighted by molar-refractivity contribution is -0.126. The van der Waals surface area contributed by atoms with Gasteiger partial charge in [0.05, 0.1) is 5.69 Å². The molecule has 0 fully saturated rings. The van der Waals surface area contributed by atoms with Gasteiger partial charge in [0.1, 0.15) is 28.0 Å². The van der Waals surface area contributed by atoms with Gasteiger partial charge in [-0.25, -0.2) is 8.78 Å². The number of nitrogen functional groups attached to an aromatic ring is 1. The first kappa shape index (κ1) is 26.5. The van der Waals surface area contributed by atoms with Crippen molar-refractivity contribution in [2.75, 3.05) is 5.73 Å². The number of amides is 3. The van der Waals surface area contributed by atoms with Crippen LogP contribution in [0.4, 0.5) is 14.5 Å². The highest BCUT2D eigenvalue weighted by Crippen LogP contribution is 2.31. The third-order valence-corrected chi connectivity index (χ3v) is 6.50. The zero-order chi connectivity index (χ0) is 27.4. The lowest BCUT2D eigenvalue weighted by Crippen LogP contribution is -2.43. The molecule has 0 saturated heterocycles. The molecule has 4 aromatic rings. The van der Waals surface area contributed by atoms with Crippen molar-refractivity contribution in [3.63, 3.8) is 0 Å². The number of benzene rings is 2. The van der Waals surface area contributed by atoms with Crippen LogP contribution in [0.15, 0.2) is 65.1 Å². The molecule has 0 aliphatic heterocycles. The van der Waals surface area contributed by atoms with Crippen LogP contribution in [0.3, 0.4) is 0 Å². The van der Waals surface area contributed by atoms with Crippen molar-refractivity contribution in [3.05, 3.63) is 106 Å². The van der Waals surface area contributed by atoms with E-state index in [4.69, 9.17) is 15.9 Å². The number of hydrogen-bond donors (Lipinski definition) is 3. The number of aromatic nitrogens is 1. The van der Waals surface area contributed by atoms with Crippen molar-refractivity contribution >= 4 is 34.9 Å². The van der Waals surface area contributed by atoms with Crippen LogP contribution in [0.25, 0.3) is 0 Å². The zero-order valence-electron chi connectivity index (χ0n) is 20.1. The Morgan fingerprint density at radius 2 is 1.61 bits per heavy atom. The molecule has 2 aromatic carbocycles. The molecule has 3 amide bonds. The normalized spacial score (nSPS) is 11.7. The van der Waals surface area contributed by atoms with Crippen LogP contribution in [-0.2, 0) is 17.9 Å². The predicted octanol–water partition coefficient (Wildman–Crippen LogP) is 3.70. The van der Waals surface area contributed by atoms with Gasteiger partial charge < -0.3 is 26.1 Å². The number of nitrogens with two attached hydrogens (primary N) is 2. The SMILES string of the molecule is Cc1ccc([C@H](C(=O)NCc2ccc(F)cc2)N(Cc2ccc(F)cc2)C(=O)c2snc(C(N)=O)c2N)o1. The van der Waals surface area contributed by atoms with E-state index in [2.05, 4.69) is 9.69 Å². The molecule has 12 heteroatoms. The van der Waals surface area contributed by atoms with E-state index in [0.29, 0.717) is 28.4 Å². The Labute approximate surface area is 220 Å². The highest BCUT2D eigenvalue weighted by Gasteiger charge is 2.36. The fourth-order valence-electron chi connectivity index (χ4n) is 3.74. The maximum atomic E-state index is 13.8. The van der Waals surface area contributed by atoms with Gasteiger partial charge in [-0.2, -0.15) is 4.37 Å². The van der Waals surface area contributed by atoms with Crippen LogP contribution in [-0.4, -0.2) is 27.0 Å². The Balaban J connectivity index is 1.74. The zero-order valence-corrected chi connectivity index (χ0v) is 20.9. The van der Waals surface area contributed by atoms with E-state index < -0.39 is 35.4 Å². The number of primary amides is 1. The molecule has 196 valence electrons. The summed E-state index contributed by atoms with van der Waals surface area (Å²) >= 11 is 0.670. The quantitative estimate of drug-likeness (QED) is 0.296. The number of rotatable bonds is 9. The fraction of sp³-hybridized carbons (Fsp3) is 0.154. The molecule has 0 unspecified atom stereocenters. The molecule has 38 heavy (non-hydrogen) atoms. The Hall–Kier alpha value is -4.58. The summed E-state index contributed by atoms with van der Waals surface area (Å²) in [5.74, 6) is -2.45. The van der Waals surface area contributed by atoms with Gasteiger partial charge in [-0.3, -0.25) is 14.4 Å². The molecule has 0 aliphatic rings. The summed E-state index contributed by atoms with van der Waals surface area (Å²) < 4.78 is 36.5. The second-order valence-corrected chi connectivity index (χ2v) is 9.17. The van der Waals surface area contributed by atoms with Crippen LogP contribution in [0.1, 0.15) is 48.8 Å². The molecule has 0 saturated carbocycles. The number of nitrogens with one attached hydrogen (secondary N) is 1. The molecular formula is C26H23F2N5O4S. The maximum absolute atomic E-state index is 13.8. The van der Waals surface area contributed by atoms with Crippen molar-refractivity contribution in [1.29, 1.82) is 0 Å². The molecule has 2 aromatic heterocycles. The van der Waals surface area contributed by atoms with Crippen molar-refractivity contribution in [3.8, 4) is 0 Å². The number of furan rings is 1. The number of anilines is 1. The second kappa shape index (κ2) is 11.2. The second-order valence-electron chi connectivity index (χ2n) is 8.39. The van der Waals surface area contributed by atoms with Crippen LogP contribution in [0.5, 0.6) is 0 Å². The predicted molar refractivity (Wildman–Crippen MR) is 136 cm³/mol. The Bertz CT molecular complexity index is 1470. The standard InChI is InChI=1S/C26H23F2N5O4S/c1-14-2-11-19(37-14)22(25(35)31-12-15-3-7-17(27)8-4-15)33(13-16-5-9-18(28)10-6-16)26(36)23-20(29)21(24(30)34)32-38-23/h2-11,22H,12-13,29H2,1H3,(H2,30,34)(H,31,35)/t22-/m1/s1. The molecule has 0 radical (unpaired) electrons. The van der Waals surface area contributed by atoms with Gasteiger partial charge >= 0.3 is 0 Å². The third kappa shape index (κ3) is 5.86. The van der Waals surface area contributed by atoms with E-state index >= 15 is 0 Å². The molecule has 0 spiro atoms. The minimum absolute atomic E-state index is 0.0441. The number of nitrogens with zero attached hydrogens (tertiary/aromatic N) is 2. The molecule has 5 N–H and O–H groups in total. The van der Waals surface area contributed by atoms with E-state index in [-0.39, 0.29) is 35.1 Å². The number of hydrogen-bond acceptors (Lipinski definition) is 7. The number of carbonyl (C=O) groups is 3. The Morgan fingerprint density at radius 3 is 2.13 bits per heavy atom. The first-order valence-corrected chi connectivity index (χ1v) is 12.1. The molecule has 4 rings (SSSR count). The van der Waals surface area contributed by atoms with Crippen LogP contribution < -0.4 is 16.8 Å². The first-order valence-electron chi connectivity index (χ1n) is 11.3. The summed E-state index contributed by atoms with van der Waals surface area (Å²) in [5.41, 5.74) is 12.0. The topological polar surface area (TPSA) is 145 Å². The van der Waals surface area contributed by atoms with Crippen LogP contribution in [0.2, 0.25) is 0 Å². The maximum Gasteiger partial charge on any atom is 0.270 e. The average Bonchev–Trinajstić information content (AvgIpc) is 3.49. The van der Waals surface area contributed by atoms with Gasteiger partial charge in [0.15, 0.2) is 11.7 Å². The average molecular weight is 540 g/mol. The fourth-order valence-corrected chi connectivity index (χ4v) is 4.50. The van der Waals surface area contributed by atoms with Crippen molar-refractivity contribution in [1.82, 2.24) is 14.6 Å². The van der Waals surface area contributed by atoms with E-state index in [1.165, 1.54) is 53.4 Å². The lowest BCUT2D eigenvalue weighted by Gasteiger charge is -2.29. The minimum Gasteiger partial charge on any atom is -0.464 e. The molecule has 2 heterocycles. The monoisotopic (exact) mass is 539 g/mol. The van der Waals surface area contributed by atoms with E-state index in [9.17, 15) is 23.2 Å². The van der Waals surface area contributed by atoms with Gasteiger partial charge in [0.25, 0.3) is 17.7 Å². The molecule has 1 atom stereocenters. The summed E-state index contributed by atoms with van der Waals surface area (Å²) in [6.07, 6.45) is 0. The van der Waals surface area contributed by atoms with E-state index in [1.807, 2.05) is 0 Å². The van der Waals surface area contributed by atoms with E-state index in [1.54, 1.807) is 19.1 Å². The van der Waals surface area contributed by atoms with Crippen LogP contribution in [0, 0.1) is 18.6 Å². The van der Waals surface area contributed by atoms with Gasteiger partial charge in [-0.15, -0.1) is 0 Å². The van der Waals surface area contributed by atoms with Crippen LogP contribution >= 0.6 is 11.5 Å². The summed E-state index contributed by atoms with van der Waals surface area (Å²) in [5, 5.41) is 2.75. The molecule has 9 nitrogen and oxygen atoms in total. The molecule has 0 bridgehead atoms. The largest absolute Gasteiger partial charge is 0.464 e. The summed E-state index contributed by atoms with van der Waals surface area (Å²) in [7, 11) is 0. The number of aryl methyl sites for hydroxylation is 1. The third-order valence-electron chi connectivity index (χ3n) is 5.65. The highest BCUT2D eigenvalue weighted by atomic mass is 32.1. The Kier molecular flexibility index (Phi) is 7.82. The summed E-state index contributed by atoms with van der Waals surface area (Å²) in [4.78, 5) is 40.2. The van der Waals surface area contributed by atoms with E-state index in [0.717, 1.165) is 0 Å². The van der Waals surface area contributed by atoms with Gasteiger partial charge in [0, 0.05) is 13.1 Å². The lowest BCUT2D eigenvalue weighted by atomic mass is 10.1. The molecular weight excluding hydrogens is 516 g/mol. The minimum atomic E-state index is -1.29. The molecule has 0 aliphatic carbocycles. The van der Waals surface area contributed by atoms with Crippen molar-refractivity contribution < 1.29 is 27.6 Å².